The molecule has 0 aromatic heterocycles. The van der Waals surface area contributed by atoms with E-state index < -0.39 is 6.23 Å². The molecule has 1 atom stereocenters. The maximum Gasteiger partial charge on any atom is 0.173 e. The molecule has 0 aliphatic rings. The fourth-order valence-corrected chi connectivity index (χ4v) is 0.166. The van der Waals surface area contributed by atoms with Gasteiger partial charge in [-0.25, -0.2) is 0 Å². The summed E-state index contributed by atoms with van der Waals surface area (Å²) >= 11 is 0. The molecule has 0 spiro atoms. The molecule has 0 rings (SSSR count). The van der Waals surface area contributed by atoms with Crippen LogP contribution in [0.3, 0.4) is 0 Å². The Morgan fingerprint density at radius 2 is 2.29 bits per heavy atom. The van der Waals surface area contributed by atoms with Crippen LogP contribution in [-0.2, 0) is 9.53 Å². The van der Waals surface area contributed by atoms with Gasteiger partial charge in [0.25, 0.3) is 0 Å². The van der Waals surface area contributed by atoms with E-state index in [9.17, 15) is 4.79 Å². The van der Waals surface area contributed by atoms with Crippen molar-refractivity contribution >= 4 is 5.78 Å². The summed E-state index contributed by atoms with van der Waals surface area (Å²) < 4.78 is 4.44. The average Bonchev–Trinajstić information content (AvgIpc) is 1.65. The van der Waals surface area contributed by atoms with Gasteiger partial charge in [0.05, 0.1) is 0 Å². The summed E-state index contributed by atoms with van der Waals surface area (Å²) in [5, 5.41) is 0. The van der Waals surface area contributed by atoms with E-state index in [4.69, 9.17) is 5.73 Å². The fourth-order valence-electron chi connectivity index (χ4n) is 0.166. The van der Waals surface area contributed by atoms with Gasteiger partial charge < -0.3 is 4.74 Å². The molecule has 2 N–H and O–H groups in total. The Bertz CT molecular complexity index is 72.1. The number of hydrogen-bond acceptors (Lipinski definition) is 3. The summed E-state index contributed by atoms with van der Waals surface area (Å²) in [5.74, 6) is -0.150. The number of carbonyl (C=O) groups excluding carboxylic acids is 1. The molecule has 0 heterocycles. The standard InChI is InChI=1S/C4H9NO2/c1-3(6)4(5)7-2/h4H,5H2,1-2H3. The van der Waals surface area contributed by atoms with Crippen molar-refractivity contribution in [1.82, 2.24) is 0 Å². The van der Waals surface area contributed by atoms with Crippen molar-refractivity contribution in [1.29, 1.82) is 0 Å². The predicted octanol–water partition coefficient (Wildman–Crippen LogP) is -0.493. The minimum absolute atomic E-state index is 0.150. The van der Waals surface area contributed by atoms with E-state index in [2.05, 4.69) is 4.74 Å². The maximum atomic E-state index is 10.1. The lowest BCUT2D eigenvalue weighted by atomic mass is 10.4. The van der Waals surface area contributed by atoms with E-state index in [0.29, 0.717) is 0 Å². The van der Waals surface area contributed by atoms with E-state index in [1.165, 1.54) is 14.0 Å². The van der Waals surface area contributed by atoms with Crippen LogP contribution < -0.4 is 5.73 Å². The molecule has 1 unspecified atom stereocenters. The summed E-state index contributed by atoms with van der Waals surface area (Å²) in [4.78, 5) is 10.1. The molecule has 0 radical (unpaired) electrons. The number of rotatable bonds is 2. The molecule has 0 amide bonds. The zero-order valence-electron chi connectivity index (χ0n) is 4.47. The Kier molecular flexibility index (Phi) is 2.55. The van der Waals surface area contributed by atoms with Crippen molar-refractivity contribution in [2.24, 2.45) is 5.73 Å². The number of hydrogen-bond donors (Lipinski definition) is 1. The lowest BCUT2D eigenvalue weighted by Gasteiger charge is -2.01. The van der Waals surface area contributed by atoms with Crippen LogP contribution in [0, 0.1) is 0 Å². The minimum atomic E-state index is -0.736. The molecule has 0 aromatic rings. The Balaban J connectivity index is 3.34. The van der Waals surface area contributed by atoms with Gasteiger partial charge in [-0.2, -0.15) is 0 Å². The molecule has 0 fully saturated rings. The number of methoxy groups -OCH3 is 1. The van der Waals surface area contributed by atoms with Crippen molar-refractivity contribution in [3.8, 4) is 0 Å². The molecular formula is C4H9NO2. The van der Waals surface area contributed by atoms with Crippen LogP contribution in [0.25, 0.3) is 0 Å². The quantitative estimate of drug-likeness (QED) is 0.479. The SMILES string of the molecule is COC(N)C(C)=O. The summed E-state index contributed by atoms with van der Waals surface area (Å²) in [5.41, 5.74) is 5.04. The molecule has 0 saturated heterocycles. The van der Waals surface area contributed by atoms with Gasteiger partial charge in [-0.15, -0.1) is 0 Å². The van der Waals surface area contributed by atoms with Gasteiger partial charge in [0.2, 0.25) is 0 Å². The van der Waals surface area contributed by atoms with Crippen LogP contribution in [0.15, 0.2) is 0 Å². The topological polar surface area (TPSA) is 52.3 Å². The number of Topliss-reactive ketones (excluding diaryl/α,β-unsaturated/α-hetero) is 1. The van der Waals surface area contributed by atoms with Crippen molar-refractivity contribution < 1.29 is 9.53 Å². The average molecular weight is 103 g/mol. The highest BCUT2D eigenvalue weighted by atomic mass is 16.5. The van der Waals surface area contributed by atoms with Crippen LogP contribution in [0.1, 0.15) is 6.92 Å². The van der Waals surface area contributed by atoms with Gasteiger partial charge in [-0.05, 0) is 6.92 Å². The Labute approximate surface area is 42.4 Å². The van der Waals surface area contributed by atoms with Crippen molar-refractivity contribution in [3.63, 3.8) is 0 Å². The summed E-state index contributed by atoms with van der Waals surface area (Å²) in [7, 11) is 1.39. The largest absolute Gasteiger partial charge is 0.359 e. The van der Waals surface area contributed by atoms with Gasteiger partial charge in [-0.3, -0.25) is 10.5 Å². The number of ketones is 1. The van der Waals surface area contributed by atoms with Crippen LogP contribution in [0.2, 0.25) is 0 Å². The number of ether oxygens (including phenoxy) is 1. The van der Waals surface area contributed by atoms with E-state index in [0.717, 1.165) is 0 Å². The van der Waals surface area contributed by atoms with Crippen molar-refractivity contribution in [2.75, 3.05) is 7.11 Å². The molecule has 0 aromatic carbocycles. The van der Waals surface area contributed by atoms with Crippen LogP contribution in [0.5, 0.6) is 0 Å². The van der Waals surface area contributed by atoms with Crippen LogP contribution in [-0.4, -0.2) is 19.1 Å². The molecule has 3 nitrogen and oxygen atoms in total. The van der Waals surface area contributed by atoms with E-state index in [1.807, 2.05) is 0 Å². The Hall–Kier alpha value is -0.410. The third kappa shape index (κ3) is 2.31. The molecule has 0 saturated carbocycles. The molecule has 0 aliphatic heterocycles. The molecule has 0 bridgehead atoms. The minimum Gasteiger partial charge on any atom is -0.359 e. The molecular weight excluding hydrogens is 94.0 g/mol. The zero-order valence-corrected chi connectivity index (χ0v) is 4.47. The third-order valence-electron chi connectivity index (χ3n) is 0.655. The van der Waals surface area contributed by atoms with E-state index in [-0.39, 0.29) is 5.78 Å². The number of carbonyl (C=O) groups is 1. The van der Waals surface area contributed by atoms with Gasteiger partial charge >= 0.3 is 0 Å². The van der Waals surface area contributed by atoms with E-state index in [1.54, 1.807) is 0 Å². The van der Waals surface area contributed by atoms with Gasteiger partial charge in [0.15, 0.2) is 12.0 Å². The van der Waals surface area contributed by atoms with Gasteiger partial charge in [-0.1, -0.05) is 0 Å². The Morgan fingerprint density at radius 3 is 2.29 bits per heavy atom. The van der Waals surface area contributed by atoms with Crippen LogP contribution in [0.4, 0.5) is 0 Å². The molecule has 7 heavy (non-hydrogen) atoms. The lowest BCUT2D eigenvalue weighted by molar-refractivity contribution is -0.126. The number of nitrogens with two attached hydrogens (primary N) is 1. The molecule has 0 aliphatic carbocycles. The second-order valence-electron chi connectivity index (χ2n) is 1.27. The fraction of sp³-hybridized carbons (Fsp3) is 0.750. The molecule has 42 valence electrons. The lowest BCUT2D eigenvalue weighted by Crippen LogP contribution is -2.29. The first kappa shape index (κ1) is 6.59. The predicted molar refractivity (Wildman–Crippen MR) is 25.7 cm³/mol. The normalized spacial score (nSPS) is 13.6. The second-order valence-corrected chi connectivity index (χ2v) is 1.27. The summed E-state index contributed by atoms with van der Waals surface area (Å²) in [6, 6.07) is 0. The highest BCUT2D eigenvalue weighted by Gasteiger charge is 2.02. The summed E-state index contributed by atoms with van der Waals surface area (Å²) in [6.07, 6.45) is -0.736. The summed E-state index contributed by atoms with van der Waals surface area (Å²) in [6.45, 7) is 1.38. The van der Waals surface area contributed by atoms with Crippen molar-refractivity contribution in [2.45, 2.75) is 13.2 Å². The monoisotopic (exact) mass is 103 g/mol. The Morgan fingerprint density at radius 1 is 1.86 bits per heavy atom. The van der Waals surface area contributed by atoms with Crippen LogP contribution >= 0.6 is 0 Å². The first-order valence-corrected chi connectivity index (χ1v) is 1.97. The van der Waals surface area contributed by atoms with E-state index >= 15 is 0 Å². The van der Waals surface area contributed by atoms with Gasteiger partial charge in [0, 0.05) is 7.11 Å². The smallest absolute Gasteiger partial charge is 0.173 e. The third-order valence-corrected chi connectivity index (χ3v) is 0.655. The second kappa shape index (κ2) is 2.71. The first-order valence-electron chi connectivity index (χ1n) is 1.97. The highest BCUT2D eigenvalue weighted by Crippen LogP contribution is 1.77. The first-order chi connectivity index (χ1) is 3.18. The van der Waals surface area contributed by atoms with Crippen molar-refractivity contribution in [3.05, 3.63) is 0 Å². The molecule has 3 heteroatoms. The highest BCUT2D eigenvalue weighted by molar-refractivity contribution is 5.79. The van der Waals surface area contributed by atoms with Gasteiger partial charge in [0.1, 0.15) is 0 Å². The zero-order chi connectivity index (χ0) is 5.86. The maximum absolute atomic E-state index is 10.1.